The summed E-state index contributed by atoms with van der Waals surface area (Å²) in [6.07, 6.45) is 1.59. The summed E-state index contributed by atoms with van der Waals surface area (Å²) in [6.45, 7) is 0. The van der Waals surface area contributed by atoms with Crippen LogP contribution in [-0.2, 0) is 17.0 Å². The van der Waals surface area contributed by atoms with E-state index < -0.39 is 17.0 Å². The quantitative estimate of drug-likeness (QED) is 0.372. The topological polar surface area (TPSA) is 43.6 Å². The largest absolute Gasteiger partial charge is 0.220 e. The summed E-state index contributed by atoms with van der Waals surface area (Å²) in [5.74, 6) is 0. The molecule has 0 unspecified atom stereocenters. The number of halogens is 2. The van der Waals surface area contributed by atoms with Crippen LogP contribution >= 0.6 is 18.6 Å². The molecule has 4 rings (SSSR count). The minimum Gasteiger partial charge on any atom is -0.220 e. The van der Waals surface area contributed by atoms with Gasteiger partial charge in [0.15, 0.2) is 0 Å². The van der Waals surface area contributed by atoms with Gasteiger partial charge in [-0.25, -0.2) is 16.8 Å². The van der Waals surface area contributed by atoms with Crippen LogP contribution in [0.15, 0.2) is 73.1 Å². The predicted molar refractivity (Wildman–Crippen MR) is 86.0 cm³/mol. The fourth-order valence-corrected chi connectivity index (χ4v) is 1.87. The first kappa shape index (κ1) is 16.9. The van der Waals surface area contributed by atoms with Gasteiger partial charge >= 0.3 is 35.6 Å². The molecule has 0 saturated carbocycles. The maximum Gasteiger partial charge on any atom is 0.141 e. The van der Waals surface area contributed by atoms with Crippen LogP contribution in [0, 0.1) is 0 Å². The summed E-state index contributed by atoms with van der Waals surface area (Å²) in [6, 6.07) is 22.3. The van der Waals surface area contributed by atoms with Crippen LogP contribution in [0.4, 0.5) is 0 Å². The summed E-state index contributed by atoms with van der Waals surface area (Å²) in [5.41, 5.74) is 0.996. The Labute approximate surface area is 145 Å². The van der Waals surface area contributed by atoms with E-state index in [-0.39, 0.29) is 0 Å². The minimum atomic E-state index is -0.556. The molecule has 4 nitrogen and oxygen atoms in total. The number of rotatable bonds is 1. The number of aromatic nitrogens is 4. The number of hydrogen-bond donors (Lipinski definition) is 0. The van der Waals surface area contributed by atoms with Crippen LogP contribution in [0.25, 0.3) is 16.5 Å². The van der Waals surface area contributed by atoms with Gasteiger partial charge in [-0.2, -0.15) is 18.2 Å². The Balaban J connectivity index is 0.000000184. The molecule has 0 radical (unpaired) electrons. The van der Waals surface area contributed by atoms with Crippen LogP contribution in [0.5, 0.6) is 0 Å². The zero-order valence-electron chi connectivity index (χ0n) is 11.5. The van der Waals surface area contributed by atoms with Gasteiger partial charge in [0.2, 0.25) is 0 Å². The van der Waals surface area contributed by atoms with Crippen molar-refractivity contribution in [3.05, 3.63) is 73.1 Å². The van der Waals surface area contributed by atoms with Crippen molar-refractivity contribution in [2.24, 2.45) is 0 Å². The van der Waals surface area contributed by atoms with Crippen molar-refractivity contribution in [2.45, 2.75) is 0 Å². The number of nitrogens with zero attached hydrogens (tertiary/aromatic N) is 4. The van der Waals surface area contributed by atoms with Crippen molar-refractivity contribution >= 4 is 29.4 Å². The fourth-order valence-electron chi connectivity index (χ4n) is 1.87. The van der Waals surface area contributed by atoms with E-state index in [1.54, 1.807) is 11.0 Å². The molecule has 1 aromatic heterocycles. The monoisotopic (exact) mass is 366 g/mol. The van der Waals surface area contributed by atoms with Crippen molar-refractivity contribution in [3.8, 4) is 5.69 Å². The molecule has 1 heterocycles. The van der Waals surface area contributed by atoms with Gasteiger partial charge in [0, 0.05) is 0 Å². The molecule has 4 aromatic rings. The van der Waals surface area contributed by atoms with Crippen LogP contribution < -0.4 is 0 Å². The zero-order chi connectivity index (χ0) is 15.6. The second kappa shape index (κ2) is 9.54. The maximum absolute atomic E-state index is 4.89. The molecule has 0 bridgehead atoms. The van der Waals surface area contributed by atoms with E-state index in [1.807, 2.05) is 42.5 Å². The number of hydrogen-bond acceptors (Lipinski definition) is 3. The molecule has 0 N–H and O–H groups in total. The molecule has 7 heteroatoms. The van der Waals surface area contributed by atoms with Crippen LogP contribution in [0.3, 0.4) is 0 Å². The van der Waals surface area contributed by atoms with Gasteiger partial charge in [0.05, 0.1) is 0 Å². The maximum atomic E-state index is 4.89. The SMILES string of the molecule is [Cl][Ti][Cl].c1cc[cH-]c1.c1ccc2[cH-]c(-n3cnnn3)cc2c1. The van der Waals surface area contributed by atoms with Crippen molar-refractivity contribution in [2.75, 3.05) is 0 Å². The third-order valence-corrected chi connectivity index (χ3v) is 2.77. The molecule has 0 fully saturated rings. The van der Waals surface area contributed by atoms with Crippen molar-refractivity contribution in [1.29, 1.82) is 0 Å². The van der Waals surface area contributed by atoms with E-state index in [1.165, 1.54) is 10.8 Å². The molecule has 0 aliphatic rings. The molecule has 22 heavy (non-hydrogen) atoms. The van der Waals surface area contributed by atoms with E-state index >= 15 is 0 Å². The summed E-state index contributed by atoms with van der Waals surface area (Å²) in [7, 11) is 9.78. The summed E-state index contributed by atoms with van der Waals surface area (Å²) in [4.78, 5) is 0. The fraction of sp³-hybridized carbons (Fsp3) is 0. The van der Waals surface area contributed by atoms with Gasteiger partial charge in [-0.05, 0) is 16.1 Å². The van der Waals surface area contributed by atoms with E-state index in [4.69, 9.17) is 18.6 Å². The Kier molecular flexibility index (Phi) is 7.33. The Bertz CT molecular complexity index is 701. The number of benzene rings is 1. The summed E-state index contributed by atoms with van der Waals surface area (Å²) >= 11 is -0.556. The molecular weight excluding hydrogens is 355 g/mol. The molecule has 0 aliphatic heterocycles. The number of fused-ring (bicyclic) bond motifs is 1. The zero-order valence-corrected chi connectivity index (χ0v) is 14.5. The molecular formula is C15H12Cl2N4Ti-2. The first-order valence-corrected chi connectivity index (χ1v) is 10.7. The minimum absolute atomic E-state index is 0.556. The van der Waals surface area contributed by atoms with Crippen LogP contribution in [0.2, 0.25) is 0 Å². The summed E-state index contributed by atoms with van der Waals surface area (Å²) < 4.78 is 1.65. The molecule has 3 aromatic carbocycles. The van der Waals surface area contributed by atoms with Crippen molar-refractivity contribution in [3.63, 3.8) is 0 Å². The van der Waals surface area contributed by atoms with E-state index in [2.05, 4.69) is 39.8 Å². The second-order valence-corrected chi connectivity index (χ2v) is 6.71. The van der Waals surface area contributed by atoms with Crippen molar-refractivity contribution < 1.29 is 17.0 Å². The Morgan fingerprint density at radius 2 is 1.77 bits per heavy atom. The van der Waals surface area contributed by atoms with Gasteiger partial charge in [-0.15, -0.1) is 46.2 Å². The van der Waals surface area contributed by atoms with Crippen molar-refractivity contribution in [1.82, 2.24) is 20.2 Å². The molecule has 0 amide bonds. The van der Waals surface area contributed by atoms with E-state index in [0.717, 1.165) is 5.69 Å². The van der Waals surface area contributed by atoms with Crippen LogP contribution in [-0.4, -0.2) is 20.2 Å². The Morgan fingerprint density at radius 1 is 1.05 bits per heavy atom. The average molecular weight is 367 g/mol. The summed E-state index contributed by atoms with van der Waals surface area (Å²) in [5, 5.41) is 13.5. The van der Waals surface area contributed by atoms with Crippen LogP contribution in [0.1, 0.15) is 0 Å². The second-order valence-electron chi connectivity index (χ2n) is 4.13. The molecule has 0 aliphatic carbocycles. The Hall–Kier alpha value is -1.46. The first-order chi connectivity index (χ1) is 10.8. The normalized spacial score (nSPS) is 9.36. The van der Waals surface area contributed by atoms with Gasteiger partial charge in [-0.3, -0.25) is 0 Å². The van der Waals surface area contributed by atoms with Gasteiger partial charge in [-0.1, -0.05) is 6.07 Å². The smallest absolute Gasteiger partial charge is 0.141 e. The molecule has 0 saturated heterocycles. The van der Waals surface area contributed by atoms with E-state index in [9.17, 15) is 0 Å². The van der Waals surface area contributed by atoms with E-state index in [0.29, 0.717) is 0 Å². The van der Waals surface area contributed by atoms with Gasteiger partial charge < -0.3 is 0 Å². The molecule has 0 spiro atoms. The Morgan fingerprint density at radius 3 is 2.32 bits per heavy atom. The first-order valence-electron chi connectivity index (χ1n) is 6.37. The third kappa shape index (κ3) is 5.07. The predicted octanol–water partition coefficient (Wildman–Crippen LogP) is 4.32. The molecule has 0 atom stereocenters. The number of tetrazole rings is 1. The molecule has 112 valence electrons. The van der Waals surface area contributed by atoms with Gasteiger partial charge in [0.25, 0.3) is 0 Å². The standard InChI is InChI=1S/C10H7N4.C5H5.2ClH.Ti/c1-2-4-9-6-10(5-8(9)3-1)14-7-11-12-13-14;1-2-4-5-3-1;;;/h1-7H;1-5H;2*1H;/q2*-1;;;+2/p-2. The van der Waals surface area contributed by atoms with Gasteiger partial charge in [0.1, 0.15) is 6.33 Å². The average Bonchev–Trinajstić information content (AvgIpc) is 3.29. The third-order valence-electron chi connectivity index (χ3n) is 2.77.